The number of carbonyl (C=O) groups excluding carboxylic acids is 3. The lowest BCUT2D eigenvalue weighted by Crippen LogP contribution is -2.61. The number of nitrogens with one attached hydrogen (secondary N) is 2. The molecule has 0 radical (unpaired) electrons. The fourth-order valence-electron chi connectivity index (χ4n) is 8.73. The number of benzene rings is 1. The Balaban J connectivity index is 1.32. The van der Waals surface area contributed by atoms with Crippen molar-refractivity contribution in [1.29, 1.82) is 0 Å². The monoisotopic (exact) mass is 575 g/mol. The van der Waals surface area contributed by atoms with Gasteiger partial charge in [0, 0.05) is 17.8 Å². The number of carbonyl (C=O) groups is 3. The zero-order valence-corrected chi connectivity index (χ0v) is 26.1. The number of rotatable bonds is 6. The number of hydrogen-bond acceptors (Lipinski definition) is 4. The van der Waals surface area contributed by atoms with Gasteiger partial charge in [-0.05, 0) is 60.1 Å². The van der Waals surface area contributed by atoms with Crippen molar-refractivity contribution in [3.8, 4) is 0 Å². The molecule has 2 saturated heterocycles. The van der Waals surface area contributed by atoms with Crippen molar-refractivity contribution >= 4 is 23.4 Å². The Bertz CT molecular complexity index is 1240. The van der Waals surface area contributed by atoms with Gasteiger partial charge in [0.15, 0.2) is 0 Å². The molecule has 228 valence electrons. The zero-order valence-electron chi connectivity index (χ0n) is 26.1. The summed E-state index contributed by atoms with van der Waals surface area (Å²) in [4.78, 5) is 44.8. The lowest BCUT2D eigenvalue weighted by molar-refractivity contribution is -0.146. The van der Waals surface area contributed by atoms with Crippen LogP contribution in [0.1, 0.15) is 91.5 Å². The highest BCUT2D eigenvalue weighted by atomic mass is 16.5. The van der Waals surface area contributed by atoms with E-state index in [0.29, 0.717) is 29.4 Å². The topological polar surface area (TPSA) is 87.7 Å². The summed E-state index contributed by atoms with van der Waals surface area (Å²) in [5.74, 6) is 0.169. The molecule has 5 aliphatic rings. The maximum atomic E-state index is 14.6. The predicted molar refractivity (Wildman–Crippen MR) is 164 cm³/mol. The molecule has 1 spiro atoms. The molecule has 6 rings (SSSR count). The second-order valence-electron chi connectivity index (χ2n) is 14.4. The van der Waals surface area contributed by atoms with Gasteiger partial charge < -0.3 is 20.3 Å². The maximum absolute atomic E-state index is 14.6. The summed E-state index contributed by atoms with van der Waals surface area (Å²) < 4.78 is 6.64. The molecular weight excluding hydrogens is 526 g/mol. The molecule has 7 nitrogen and oxygen atoms in total. The van der Waals surface area contributed by atoms with E-state index in [1.165, 1.54) is 12.0 Å². The molecule has 3 amide bonds. The van der Waals surface area contributed by atoms with Crippen LogP contribution >= 0.6 is 0 Å². The number of likely N-dealkylation sites (tertiary alicyclic amines) is 1. The Morgan fingerprint density at radius 2 is 1.60 bits per heavy atom. The molecule has 0 unspecified atom stereocenters. The van der Waals surface area contributed by atoms with Gasteiger partial charge in [-0.3, -0.25) is 14.4 Å². The highest BCUT2D eigenvalue weighted by Crippen LogP contribution is 2.57. The predicted octanol–water partition coefficient (Wildman–Crippen LogP) is 5.66. The molecule has 1 aromatic carbocycles. The summed E-state index contributed by atoms with van der Waals surface area (Å²) in [5.41, 5.74) is 0.780. The Morgan fingerprint density at radius 1 is 0.929 bits per heavy atom. The molecule has 11 atom stereocenters. The minimum Gasteiger partial charge on any atom is -0.359 e. The first-order chi connectivity index (χ1) is 20.0. The van der Waals surface area contributed by atoms with Crippen molar-refractivity contribution in [1.82, 2.24) is 10.2 Å². The lowest BCUT2D eigenvalue weighted by Gasteiger charge is -2.44. The van der Waals surface area contributed by atoms with E-state index in [4.69, 9.17) is 4.74 Å². The first kappa shape index (κ1) is 29.4. The van der Waals surface area contributed by atoms with Crippen LogP contribution in [0.2, 0.25) is 0 Å². The minimum atomic E-state index is -1.13. The van der Waals surface area contributed by atoms with E-state index < -0.39 is 29.6 Å². The number of fused-ring (bicyclic) bond motifs is 1. The summed E-state index contributed by atoms with van der Waals surface area (Å²) in [5, 5.41) is 6.47. The van der Waals surface area contributed by atoms with Crippen LogP contribution in [0.5, 0.6) is 0 Å². The molecule has 1 aromatic rings. The van der Waals surface area contributed by atoms with Gasteiger partial charge in [-0.15, -0.1) is 0 Å². The number of anilines is 1. The van der Waals surface area contributed by atoms with E-state index >= 15 is 0 Å². The van der Waals surface area contributed by atoms with Gasteiger partial charge in [0.05, 0.1) is 17.9 Å². The zero-order chi connectivity index (χ0) is 29.9. The minimum absolute atomic E-state index is 0.0528. The van der Waals surface area contributed by atoms with Gasteiger partial charge in [-0.1, -0.05) is 91.5 Å². The van der Waals surface area contributed by atoms with Crippen LogP contribution in [-0.2, 0) is 19.1 Å². The van der Waals surface area contributed by atoms with E-state index in [0.717, 1.165) is 32.1 Å². The fraction of sp³-hybridized carbons (Fsp3) is 0.686. The van der Waals surface area contributed by atoms with Crippen molar-refractivity contribution < 1.29 is 19.1 Å². The second-order valence-corrected chi connectivity index (χ2v) is 14.4. The standard InChI is InChI=1S/C35H49N3O4/c1-19(2)24-13-15-25(16-14-24)36-32(39)29-28-17-18-35(42-28)30(29)34(41)38(27-12-8-10-21(4)23(27)6)31(35)33(40)37-26-11-7-9-20(3)22(26)5/h13-23,26-31H,7-12H2,1-6H3,(H,36,39)(H,37,40)/t20-,21+,22-,23+,26-,27-,28-,29+,30-,31-,35-/m1/s1. The van der Waals surface area contributed by atoms with Crippen LogP contribution in [0.4, 0.5) is 5.69 Å². The van der Waals surface area contributed by atoms with Gasteiger partial charge in [-0.25, -0.2) is 0 Å². The third kappa shape index (κ3) is 4.71. The van der Waals surface area contributed by atoms with Gasteiger partial charge in [0.2, 0.25) is 17.7 Å². The normalized spacial score (nSPS) is 40.8. The Labute approximate surface area is 251 Å². The molecule has 2 N–H and O–H groups in total. The third-order valence-corrected chi connectivity index (χ3v) is 11.8. The molecule has 2 bridgehead atoms. The SMILES string of the molecule is CC(C)c1ccc(NC(=O)[C@H]2[C@H]3C=C[C@@]4(O3)[C@H]2C(=O)N([C@@H]2CCC[C@H](C)[C@@H]2C)[C@@H]4C(=O)N[C@@H]2CCC[C@@H](C)[C@H]2C)cc1. The van der Waals surface area contributed by atoms with Crippen molar-refractivity contribution in [2.45, 2.75) is 116 Å². The lowest BCUT2D eigenvalue weighted by atomic mass is 9.73. The summed E-state index contributed by atoms with van der Waals surface area (Å²) in [6.45, 7) is 13.2. The number of nitrogens with zero attached hydrogens (tertiary/aromatic N) is 1. The molecule has 2 saturated carbocycles. The Hall–Kier alpha value is -2.67. The highest BCUT2D eigenvalue weighted by Gasteiger charge is 2.73. The quantitative estimate of drug-likeness (QED) is 0.428. The van der Waals surface area contributed by atoms with Gasteiger partial charge in [0.25, 0.3) is 0 Å². The largest absolute Gasteiger partial charge is 0.359 e. The number of hydrogen-bond donors (Lipinski definition) is 2. The Morgan fingerprint density at radius 3 is 2.29 bits per heavy atom. The molecule has 3 aliphatic heterocycles. The van der Waals surface area contributed by atoms with Gasteiger partial charge in [-0.2, -0.15) is 0 Å². The summed E-state index contributed by atoms with van der Waals surface area (Å²) in [6.07, 6.45) is 9.57. The van der Waals surface area contributed by atoms with Gasteiger partial charge in [0.1, 0.15) is 11.6 Å². The second kappa shape index (κ2) is 11.1. The average molecular weight is 576 g/mol. The van der Waals surface area contributed by atoms with E-state index in [9.17, 15) is 14.4 Å². The maximum Gasteiger partial charge on any atom is 0.246 e. The average Bonchev–Trinajstić information content (AvgIpc) is 3.60. The molecule has 0 aromatic heterocycles. The molecule has 2 aliphatic carbocycles. The van der Waals surface area contributed by atoms with Crippen molar-refractivity contribution in [3.63, 3.8) is 0 Å². The summed E-state index contributed by atoms with van der Waals surface area (Å²) in [6, 6.07) is 7.14. The highest BCUT2D eigenvalue weighted by molar-refractivity contribution is 6.03. The smallest absolute Gasteiger partial charge is 0.246 e. The van der Waals surface area contributed by atoms with Crippen molar-refractivity contribution in [3.05, 3.63) is 42.0 Å². The molecule has 7 heteroatoms. The molecule has 3 heterocycles. The first-order valence-corrected chi connectivity index (χ1v) is 16.4. The van der Waals surface area contributed by atoms with Crippen LogP contribution in [-0.4, -0.2) is 52.5 Å². The van der Waals surface area contributed by atoms with Gasteiger partial charge >= 0.3 is 0 Å². The van der Waals surface area contributed by atoms with Crippen LogP contribution in [0.25, 0.3) is 0 Å². The van der Waals surface area contributed by atoms with E-state index in [1.54, 1.807) is 0 Å². The van der Waals surface area contributed by atoms with Crippen molar-refractivity contribution in [2.24, 2.45) is 35.5 Å². The van der Waals surface area contributed by atoms with Crippen LogP contribution in [0, 0.1) is 35.5 Å². The number of ether oxygens (including phenoxy) is 1. The molecular formula is C35H49N3O4. The van der Waals surface area contributed by atoms with Crippen LogP contribution in [0.3, 0.4) is 0 Å². The van der Waals surface area contributed by atoms with Crippen LogP contribution < -0.4 is 10.6 Å². The fourth-order valence-corrected chi connectivity index (χ4v) is 8.73. The Kier molecular flexibility index (Phi) is 7.78. The van der Waals surface area contributed by atoms with E-state index in [-0.39, 0.29) is 35.7 Å². The molecule has 42 heavy (non-hydrogen) atoms. The third-order valence-electron chi connectivity index (χ3n) is 11.8. The van der Waals surface area contributed by atoms with Crippen LogP contribution in [0.15, 0.2) is 36.4 Å². The first-order valence-electron chi connectivity index (χ1n) is 16.4. The summed E-state index contributed by atoms with van der Waals surface area (Å²) >= 11 is 0. The van der Waals surface area contributed by atoms with E-state index in [2.05, 4.69) is 52.2 Å². The number of amides is 3. The molecule has 4 fully saturated rings. The summed E-state index contributed by atoms with van der Waals surface area (Å²) in [7, 11) is 0. The van der Waals surface area contributed by atoms with Crippen molar-refractivity contribution in [2.75, 3.05) is 5.32 Å². The van der Waals surface area contributed by atoms with E-state index in [1.807, 2.05) is 41.3 Å².